The summed E-state index contributed by atoms with van der Waals surface area (Å²) < 4.78 is 0. The molecule has 2 aliphatic heterocycles. The van der Waals surface area contributed by atoms with E-state index in [4.69, 9.17) is 11.5 Å². The molecule has 0 bridgehead atoms. The number of allylic oxidation sites excluding steroid dienone is 2. The van der Waals surface area contributed by atoms with Crippen molar-refractivity contribution in [2.24, 2.45) is 23.3 Å². The second kappa shape index (κ2) is 23.8. The normalized spacial score (nSPS) is 24.1. The number of hydrogen-bond acceptors (Lipinski definition) is 9. The van der Waals surface area contributed by atoms with Crippen molar-refractivity contribution >= 4 is 46.8 Å². The largest absolute Gasteiger partial charge is 0.386 e. The Morgan fingerprint density at radius 2 is 1.51 bits per heavy atom. The van der Waals surface area contributed by atoms with Crippen LogP contribution in [0.5, 0.6) is 0 Å². The summed E-state index contributed by atoms with van der Waals surface area (Å²) in [7, 11) is 0. The molecule has 6 atom stereocenters. The first-order valence-corrected chi connectivity index (χ1v) is 23.7. The molecule has 1 unspecified atom stereocenters. The summed E-state index contributed by atoms with van der Waals surface area (Å²) in [5.41, 5.74) is 15.2. The number of amides is 6. The fourth-order valence-electron chi connectivity index (χ4n) is 9.90. The molecular formula is C50H68N8O7. The Labute approximate surface area is 382 Å². The molecule has 3 fully saturated rings. The maximum Gasteiger partial charge on any atom is 0.243 e. The molecule has 2 aromatic rings. The van der Waals surface area contributed by atoms with E-state index in [1.54, 1.807) is 6.08 Å². The van der Waals surface area contributed by atoms with Gasteiger partial charge in [0.2, 0.25) is 35.4 Å². The van der Waals surface area contributed by atoms with Crippen LogP contribution in [0.4, 0.5) is 0 Å². The fraction of sp³-hybridized carbons (Fsp3) is 0.540. The van der Waals surface area contributed by atoms with E-state index in [2.05, 4.69) is 32.7 Å². The van der Waals surface area contributed by atoms with Crippen molar-refractivity contribution in [3.05, 3.63) is 89.3 Å². The van der Waals surface area contributed by atoms with Gasteiger partial charge in [0.25, 0.3) is 0 Å². The second-order valence-corrected chi connectivity index (χ2v) is 18.3. The van der Waals surface area contributed by atoms with Crippen molar-refractivity contribution in [1.29, 1.82) is 0 Å². The van der Waals surface area contributed by atoms with Crippen LogP contribution in [0.3, 0.4) is 0 Å². The van der Waals surface area contributed by atoms with E-state index >= 15 is 0 Å². The van der Waals surface area contributed by atoms with Gasteiger partial charge in [0, 0.05) is 38.8 Å². The number of nitrogens with two attached hydrogens (primary N) is 2. The molecule has 15 nitrogen and oxygen atoms in total. The number of unbranched alkanes of at least 4 members (excludes halogenated alkanes) is 1. The number of fused-ring (bicyclic) bond motifs is 2. The minimum absolute atomic E-state index is 0.133. The van der Waals surface area contributed by atoms with Crippen molar-refractivity contribution in [3.8, 4) is 0 Å². The topological polar surface area (TPSA) is 235 Å². The van der Waals surface area contributed by atoms with Crippen LogP contribution >= 0.6 is 0 Å². The quantitative estimate of drug-likeness (QED) is 0.137. The van der Waals surface area contributed by atoms with Crippen LogP contribution in [0.25, 0.3) is 5.57 Å². The number of Topliss-reactive ketones (excluding diaryl/α,β-unsaturated/α-hetero) is 1. The van der Waals surface area contributed by atoms with Crippen molar-refractivity contribution in [2.75, 3.05) is 13.1 Å². The molecule has 350 valence electrons. The molecule has 0 spiro atoms. The predicted molar refractivity (Wildman–Crippen MR) is 248 cm³/mol. The van der Waals surface area contributed by atoms with Crippen molar-refractivity contribution in [1.82, 2.24) is 31.5 Å². The van der Waals surface area contributed by atoms with Crippen LogP contribution in [0.15, 0.2) is 72.6 Å². The van der Waals surface area contributed by atoms with Gasteiger partial charge in [-0.25, -0.2) is 0 Å². The van der Waals surface area contributed by atoms with Crippen LogP contribution in [-0.4, -0.2) is 89.4 Å². The summed E-state index contributed by atoms with van der Waals surface area (Å²) in [6.07, 6.45) is 12.5. The standard InChI is InChI=1S/C50H68N8O7/c1-32(59)54-40(28-33-14-4-2-5-15-33)44(60)31-37-19-12-26-53-46(61)39(21-10-11-23-45(51)52)55-48(63)42(30-36-25-24-35-18-8-9-20-38(35)36)56-47(62)41(29-34-16-6-3-7-17-34)57-49(64)43-22-13-27-58(43)50(37)65/h2,4-5,8-9,14-15,18,20,23,25,34,37,39-43H,3,6-7,10-13,16-17,19,21-22,24,26-31,51-52H2,1H3,(H,53,61)(H,54,59)(H,55,63)(H,56,62)(H,57,64)/t37-,39+,40+,41-,42?,43+/m1/s1. The molecule has 4 aliphatic rings. The zero-order valence-electron chi connectivity index (χ0n) is 37.8. The lowest BCUT2D eigenvalue weighted by molar-refractivity contribution is -0.144. The minimum atomic E-state index is -1.08. The van der Waals surface area contributed by atoms with Crippen LogP contribution < -0.4 is 38.1 Å². The SMILES string of the molecule is CC(=O)N[C@@H](Cc1ccccc1)C(=O)C[C@H]1CCCNC(=O)[C@H](CCCC=C(N)N)NC(=O)C(CC2=CCc3ccccc32)NC(=O)[C@@H](CC2CCCCC2)NC(=O)[C@@H]2CCCN2C1=O. The summed E-state index contributed by atoms with van der Waals surface area (Å²) in [5.74, 6) is -3.53. The summed E-state index contributed by atoms with van der Waals surface area (Å²) in [5, 5.41) is 14.7. The molecule has 15 heteroatoms. The molecule has 6 amide bonds. The Morgan fingerprint density at radius 1 is 0.800 bits per heavy atom. The van der Waals surface area contributed by atoms with Gasteiger partial charge in [-0.3, -0.25) is 33.6 Å². The Bertz CT molecular complexity index is 2080. The van der Waals surface area contributed by atoms with Gasteiger partial charge in [0.15, 0.2) is 5.78 Å². The number of hydrogen-bond donors (Lipinski definition) is 7. The highest BCUT2D eigenvalue weighted by atomic mass is 16.2. The molecule has 0 radical (unpaired) electrons. The number of rotatable bonds is 14. The lowest BCUT2D eigenvalue weighted by Gasteiger charge is -2.32. The van der Waals surface area contributed by atoms with E-state index in [1.165, 1.54) is 11.8 Å². The molecule has 0 aromatic heterocycles. The molecule has 2 saturated heterocycles. The van der Waals surface area contributed by atoms with Crippen molar-refractivity contribution < 1.29 is 33.6 Å². The van der Waals surface area contributed by atoms with E-state index < -0.39 is 59.8 Å². The molecule has 2 aromatic carbocycles. The molecule has 2 heterocycles. The third-order valence-corrected chi connectivity index (χ3v) is 13.3. The summed E-state index contributed by atoms with van der Waals surface area (Å²) >= 11 is 0. The van der Waals surface area contributed by atoms with Gasteiger partial charge in [0.05, 0.1) is 11.9 Å². The number of ketones is 1. The van der Waals surface area contributed by atoms with Crippen molar-refractivity contribution in [2.45, 2.75) is 146 Å². The Morgan fingerprint density at radius 3 is 2.26 bits per heavy atom. The summed E-state index contributed by atoms with van der Waals surface area (Å²) in [6.45, 7) is 1.77. The monoisotopic (exact) mass is 893 g/mol. The van der Waals surface area contributed by atoms with E-state index in [0.29, 0.717) is 51.5 Å². The maximum absolute atomic E-state index is 14.7. The van der Waals surface area contributed by atoms with Gasteiger partial charge in [-0.15, -0.1) is 0 Å². The highest BCUT2D eigenvalue weighted by Crippen LogP contribution is 2.32. The Hall–Kier alpha value is -5.99. The summed E-state index contributed by atoms with van der Waals surface area (Å²) in [6, 6.07) is 12.4. The second-order valence-electron chi connectivity index (χ2n) is 18.3. The number of nitrogens with one attached hydrogen (secondary N) is 5. The van der Waals surface area contributed by atoms with Crippen LogP contribution in [0, 0.1) is 11.8 Å². The molecule has 9 N–H and O–H groups in total. The lowest BCUT2D eigenvalue weighted by atomic mass is 9.84. The minimum Gasteiger partial charge on any atom is -0.386 e. The van der Waals surface area contributed by atoms with Gasteiger partial charge < -0.3 is 43.0 Å². The molecule has 6 rings (SSSR count). The van der Waals surface area contributed by atoms with Gasteiger partial charge in [-0.1, -0.05) is 92.8 Å². The number of nitrogens with zero attached hydrogens (tertiary/aromatic N) is 1. The first kappa shape index (κ1) is 48.5. The number of benzene rings is 2. The van der Waals surface area contributed by atoms with E-state index in [-0.39, 0.29) is 68.0 Å². The average Bonchev–Trinajstić information content (AvgIpc) is 3.95. The third-order valence-electron chi connectivity index (χ3n) is 13.3. The van der Waals surface area contributed by atoms with Crippen LogP contribution in [0.1, 0.15) is 120 Å². The van der Waals surface area contributed by atoms with Gasteiger partial charge in [-0.2, -0.15) is 0 Å². The van der Waals surface area contributed by atoms with Crippen LogP contribution in [-0.2, 0) is 46.4 Å². The van der Waals surface area contributed by atoms with Gasteiger partial charge in [-0.05, 0) is 98.5 Å². The van der Waals surface area contributed by atoms with E-state index in [9.17, 15) is 33.6 Å². The first-order valence-electron chi connectivity index (χ1n) is 23.7. The number of carbonyl (C=O) groups excluding carboxylic acids is 7. The maximum atomic E-state index is 14.7. The highest BCUT2D eigenvalue weighted by Gasteiger charge is 2.41. The third kappa shape index (κ3) is 14.0. The van der Waals surface area contributed by atoms with Crippen molar-refractivity contribution in [3.63, 3.8) is 0 Å². The number of carbonyl (C=O) groups is 7. The predicted octanol–water partition coefficient (Wildman–Crippen LogP) is 3.59. The molecule has 1 saturated carbocycles. The molecule has 2 aliphatic carbocycles. The van der Waals surface area contributed by atoms with E-state index in [0.717, 1.165) is 54.4 Å². The average molecular weight is 893 g/mol. The summed E-state index contributed by atoms with van der Waals surface area (Å²) in [4.78, 5) is 100. The zero-order chi connectivity index (χ0) is 46.3. The fourth-order valence-corrected chi connectivity index (χ4v) is 9.90. The van der Waals surface area contributed by atoms with Crippen LogP contribution in [0.2, 0.25) is 0 Å². The Balaban J connectivity index is 1.30. The lowest BCUT2D eigenvalue weighted by Crippen LogP contribution is -2.58. The molecule has 65 heavy (non-hydrogen) atoms. The smallest absolute Gasteiger partial charge is 0.243 e. The van der Waals surface area contributed by atoms with E-state index in [1.807, 2.05) is 54.6 Å². The zero-order valence-corrected chi connectivity index (χ0v) is 37.8. The van der Waals surface area contributed by atoms with Gasteiger partial charge in [0.1, 0.15) is 24.2 Å². The Kier molecular flexibility index (Phi) is 17.7. The van der Waals surface area contributed by atoms with Gasteiger partial charge >= 0.3 is 0 Å². The first-order chi connectivity index (χ1) is 31.4. The highest BCUT2D eigenvalue weighted by molar-refractivity contribution is 5.98. The molecular weight excluding hydrogens is 825 g/mol.